The largest absolute Gasteiger partial charge is 0.481 e. The molecule has 1 saturated carbocycles. The number of carboxylic acids is 1. The SMILES string of the molecule is O=C(O)CC1CCN(C(=O)C2CCCC2CNC(=O)OCC2c3ccccc3-c3ccccc32)C1. The molecule has 0 spiro atoms. The average molecular weight is 477 g/mol. The summed E-state index contributed by atoms with van der Waals surface area (Å²) in [6.45, 7) is 1.83. The predicted octanol–water partition coefficient (Wildman–Crippen LogP) is 4.26. The number of benzene rings is 2. The maximum Gasteiger partial charge on any atom is 0.407 e. The van der Waals surface area contributed by atoms with Gasteiger partial charge in [-0.25, -0.2) is 4.79 Å². The number of nitrogens with one attached hydrogen (secondary N) is 1. The van der Waals surface area contributed by atoms with Gasteiger partial charge in [0.1, 0.15) is 6.61 Å². The standard InChI is InChI=1S/C28H32N2O5/c31-26(32)14-18-12-13-30(16-18)27(33)20-11-5-6-19(20)15-29-28(34)35-17-25-23-9-3-1-7-21(23)22-8-2-4-10-24(22)25/h1-4,7-10,18-20,25H,5-6,11-17H2,(H,29,34)(H,31,32). The van der Waals surface area contributed by atoms with Crippen LogP contribution in [0.3, 0.4) is 0 Å². The predicted molar refractivity (Wildman–Crippen MR) is 131 cm³/mol. The number of carbonyl (C=O) groups is 3. The second-order valence-corrected chi connectivity index (χ2v) is 10.0. The quantitative estimate of drug-likeness (QED) is 0.622. The first-order valence-corrected chi connectivity index (χ1v) is 12.6. The minimum atomic E-state index is -0.810. The monoisotopic (exact) mass is 476 g/mol. The fraction of sp³-hybridized carbons (Fsp3) is 0.464. The van der Waals surface area contributed by atoms with Crippen molar-refractivity contribution in [2.75, 3.05) is 26.2 Å². The molecule has 1 saturated heterocycles. The van der Waals surface area contributed by atoms with Gasteiger partial charge in [-0.1, -0.05) is 55.0 Å². The summed E-state index contributed by atoms with van der Waals surface area (Å²) in [4.78, 5) is 38.5. The van der Waals surface area contributed by atoms with E-state index in [0.29, 0.717) is 19.6 Å². The van der Waals surface area contributed by atoms with Gasteiger partial charge in [-0.2, -0.15) is 0 Å². The molecule has 2 fully saturated rings. The van der Waals surface area contributed by atoms with Crippen LogP contribution in [-0.4, -0.2) is 54.2 Å². The lowest BCUT2D eigenvalue weighted by molar-refractivity contribution is -0.139. The molecule has 3 unspecified atom stereocenters. The summed E-state index contributed by atoms with van der Waals surface area (Å²) in [6, 6.07) is 16.5. The number of carbonyl (C=O) groups excluding carboxylic acids is 2. The van der Waals surface area contributed by atoms with E-state index in [2.05, 4.69) is 29.6 Å². The topological polar surface area (TPSA) is 95.9 Å². The van der Waals surface area contributed by atoms with Crippen LogP contribution in [0, 0.1) is 17.8 Å². The van der Waals surface area contributed by atoms with E-state index in [9.17, 15) is 14.4 Å². The number of ether oxygens (including phenoxy) is 1. The average Bonchev–Trinajstić information content (AvgIpc) is 3.58. The second-order valence-electron chi connectivity index (χ2n) is 10.0. The highest BCUT2D eigenvalue weighted by molar-refractivity contribution is 5.80. The van der Waals surface area contributed by atoms with Crippen molar-refractivity contribution in [2.24, 2.45) is 17.8 Å². The Labute approximate surface area is 205 Å². The van der Waals surface area contributed by atoms with Crippen molar-refractivity contribution < 1.29 is 24.2 Å². The molecule has 1 heterocycles. The fourth-order valence-electron chi connectivity index (χ4n) is 6.15. The summed E-state index contributed by atoms with van der Waals surface area (Å²) < 4.78 is 5.65. The van der Waals surface area contributed by atoms with Crippen LogP contribution in [0.2, 0.25) is 0 Å². The van der Waals surface area contributed by atoms with Crippen molar-refractivity contribution in [3.05, 3.63) is 59.7 Å². The number of aliphatic carboxylic acids is 1. The smallest absolute Gasteiger partial charge is 0.407 e. The van der Waals surface area contributed by atoms with Gasteiger partial charge < -0.3 is 20.1 Å². The lowest BCUT2D eigenvalue weighted by Gasteiger charge is -2.25. The van der Waals surface area contributed by atoms with E-state index in [-0.39, 0.29) is 42.6 Å². The van der Waals surface area contributed by atoms with Gasteiger partial charge in [0.15, 0.2) is 0 Å². The minimum absolute atomic E-state index is 0.0165. The van der Waals surface area contributed by atoms with Gasteiger partial charge in [-0.15, -0.1) is 0 Å². The summed E-state index contributed by atoms with van der Waals surface area (Å²) in [7, 11) is 0. The fourth-order valence-corrected chi connectivity index (χ4v) is 6.15. The van der Waals surface area contributed by atoms with Crippen LogP contribution in [-0.2, 0) is 14.3 Å². The second kappa shape index (κ2) is 10.1. The Morgan fingerprint density at radius 2 is 1.66 bits per heavy atom. The van der Waals surface area contributed by atoms with Crippen molar-refractivity contribution in [3.8, 4) is 11.1 Å². The Hall–Kier alpha value is -3.35. The Balaban J connectivity index is 1.13. The molecule has 0 radical (unpaired) electrons. The third-order valence-electron chi connectivity index (χ3n) is 7.89. The zero-order valence-electron chi connectivity index (χ0n) is 19.8. The molecule has 2 aromatic rings. The highest BCUT2D eigenvalue weighted by Crippen LogP contribution is 2.44. The molecule has 3 atom stereocenters. The minimum Gasteiger partial charge on any atom is -0.481 e. The van der Waals surface area contributed by atoms with Crippen molar-refractivity contribution in [3.63, 3.8) is 0 Å². The molecule has 1 aliphatic heterocycles. The third-order valence-corrected chi connectivity index (χ3v) is 7.89. The molecule has 2 aromatic carbocycles. The first-order chi connectivity index (χ1) is 17.0. The molecule has 7 heteroatoms. The van der Waals surface area contributed by atoms with Crippen molar-refractivity contribution >= 4 is 18.0 Å². The molecule has 7 nitrogen and oxygen atoms in total. The van der Waals surface area contributed by atoms with Gasteiger partial charge in [0.2, 0.25) is 5.91 Å². The molecule has 3 aliphatic rings. The van der Waals surface area contributed by atoms with Gasteiger partial charge in [0.25, 0.3) is 0 Å². The summed E-state index contributed by atoms with van der Waals surface area (Å²) in [5.41, 5.74) is 4.73. The number of fused-ring (bicyclic) bond motifs is 3. The van der Waals surface area contributed by atoms with E-state index in [1.54, 1.807) is 0 Å². The van der Waals surface area contributed by atoms with E-state index in [0.717, 1.165) is 25.7 Å². The van der Waals surface area contributed by atoms with E-state index in [1.807, 2.05) is 29.2 Å². The lowest BCUT2D eigenvalue weighted by Crippen LogP contribution is -2.40. The number of nitrogens with zero attached hydrogens (tertiary/aromatic N) is 1. The molecule has 35 heavy (non-hydrogen) atoms. The maximum atomic E-state index is 13.1. The molecule has 2 amide bonds. The molecule has 184 valence electrons. The summed E-state index contributed by atoms with van der Waals surface area (Å²) in [6.07, 6.45) is 3.07. The van der Waals surface area contributed by atoms with E-state index >= 15 is 0 Å². The summed E-state index contributed by atoms with van der Waals surface area (Å²) >= 11 is 0. The normalized spacial score (nSPS) is 23.1. The molecular weight excluding hydrogens is 444 g/mol. The number of alkyl carbamates (subject to hydrolysis) is 1. The van der Waals surface area contributed by atoms with Crippen LogP contribution in [0.1, 0.15) is 49.1 Å². The van der Waals surface area contributed by atoms with Gasteiger partial charge in [0.05, 0.1) is 0 Å². The van der Waals surface area contributed by atoms with Crippen LogP contribution in [0.5, 0.6) is 0 Å². The number of likely N-dealkylation sites (tertiary alicyclic amines) is 1. The number of rotatable bonds is 7. The van der Waals surface area contributed by atoms with E-state index in [4.69, 9.17) is 9.84 Å². The molecule has 2 N–H and O–H groups in total. The number of hydrogen-bond acceptors (Lipinski definition) is 4. The van der Waals surface area contributed by atoms with Crippen LogP contribution in [0.4, 0.5) is 4.79 Å². The Bertz CT molecular complexity index is 1070. The molecule has 5 rings (SSSR count). The van der Waals surface area contributed by atoms with E-state index < -0.39 is 12.1 Å². The summed E-state index contributed by atoms with van der Waals surface area (Å²) in [5, 5.41) is 11.9. The third kappa shape index (κ3) is 4.90. The Kier molecular flexibility index (Phi) is 6.75. The first kappa shape index (κ1) is 23.4. The molecule has 2 aliphatic carbocycles. The van der Waals surface area contributed by atoms with E-state index in [1.165, 1.54) is 22.3 Å². The summed E-state index contributed by atoms with van der Waals surface area (Å²) in [5.74, 6) is -0.683. The highest BCUT2D eigenvalue weighted by atomic mass is 16.5. The molecule has 0 bridgehead atoms. The maximum absolute atomic E-state index is 13.1. The van der Waals surface area contributed by atoms with Crippen molar-refractivity contribution in [2.45, 2.75) is 38.0 Å². The Morgan fingerprint density at radius 3 is 2.34 bits per heavy atom. The van der Waals surface area contributed by atoms with Crippen LogP contribution < -0.4 is 5.32 Å². The van der Waals surface area contributed by atoms with Gasteiger partial charge >= 0.3 is 12.1 Å². The molecular formula is C28H32N2O5. The van der Waals surface area contributed by atoms with Gasteiger partial charge in [0, 0.05) is 37.9 Å². The van der Waals surface area contributed by atoms with Crippen LogP contribution in [0.15, 0.2) is 48.5 Å². The number of amides is 2. The van der Waals surface area contributed by atoms with Crippen molar-refractivity contribution in [1.29, 1.82) is 0 Å². The number of hydrogen-bond donors (Lipinski definition) is 2. The van der Waals surface area contributed by atoms with Crippen molar-refractivity contribution in [1.82, 2.24) is 10.2 Å². The van der Waals surface area contributed by atoms with Gasteiger partial charge in [-0.3, -0.25) is 9.59 Å². The van der Waals surface area contributed by atoms with Gasteiger partial charge in [-0.05, 0) is 53.4 Å². The first-order valence-electron chi connectivity index (χ1n) is 12.6. The number of carboxylic acid groups (broad SMARTS) is 1. The van der Waals surface area contributed by atoms with Crippen LogP contribution >= 0.6 is 0 Å². The Morgan fingerprint density at radius 1 is 0.971 bits per heavy atom. The van der Waals surface area contributed by atoms with Crippen LogP contribution in [0.25, 0.3) is 11.1 Å². The highest BCUT2D eigenvalue weighted by Gasteiger charge is 2.38. The molecule has 0 aromatic heterocycles. The zero-order chi connectivity index (χ0) is 24.4. The lowest BCUT2D eigenvalue weighted by atomic mass is 9.94. The zero-order valence-corrected chi connectivity index (χ0v) is 19.8.